The van der Waals surface area contributed by atoms with Crippen molar-refractivity contribution in [3.63, 3.8) is 0 Å². The first-order valence-electron chi connectivity index (χ1n) is 9.50. The van der Waals surface area contributed by atoms with Gasteiger partial charge in [-0.25, -0.2) is 0 Å². The molecule has 2 saturated heterocycles. The van der Waals surface area contributed by atoms with Gasteiger partial charge in [-0.2, -0.15) is 0 Å². The molecule has 1 amide bonds. The lowest BCUT2D eigenvalue weighted by Crippen LogP contribution is -2.43. The van der Waals surface area contributed by atoms with Gasteiger partial charge >= 0.3 is 0 Å². The number of rotatable bonds is 7. The number of amides is 1. The van der Waals surface area contributed by atoms with E-state index in [9.17, 15) is 4.79 Å². The monoisotopic (exact) mass is 346 g/mol. The first-order valence-corrected chi connectivity index (χ1v) is 9.50. The summed E-state index contributed by atoms with van der Waals surface area (Å²) in [5.74, 6) is -0.0117. The maximum Gasteiger partial charge on any atom is 0.249 e. The normalized spacial score (nSPS) is 25.6. The molecule has 2 heterocycles. The van der Waals surface area contributed by atoms with Crippen molar-refractivity contribution in [3.05, 3.63) is 35.9 Å². The van der Waals surface area contributed by atoms with Crippen molar-refractivity contribution in [3.8, 4) is 0 Å². The summed E-state index contributed by atoms with van der Waals surface area (Å²) in [6, 6.07) is 10.7. The summed E-state index contributed by atoms with van der Waals surface area (Å²) in [4.78, 5) is 14.7. The average Bonchev–Trinajstić information content (AvgIpc) is 3.08. The first kappa shape index (κ1) is 18.4. The molecule has 2 fully saturated rings. The van der Waals surface area contributed by atoms with Gasteiger partial charge in [-0.1, -0.05) is 30.3 Å². The summed E-state index contributed by atoms with van der Waals surface area (Å²) in [6.45, 7) is 6.02. The molecule has 1 aromatic rings. The van der Waals surface area contributed by atoms with E-state index in [0.29, 0.717) is 6.61 Å². The summed E-state index contributed by atoms with van der Waals surface area (Å²) in [5.41, 5.74) is 1.32. The molecule has 0 saturated carbocycles. The maximum absolute atomic E-state index is 12.3. The van der Waals surface area contributed by atoms with E-state index >= 15 is 0 Å². The van der Waals surface area contributed by atoms with Crippen LogP contribution in [0.2, 0.25) is 0 Å². The molecule has 5 nitrogen and oxygen atoms in total. The van der Waals surface area contributed by atoms with E-state index in [0.717, 1.165) is 45.5 Å². The summed E-state index contributed by atoms with van der Waals surface area (Å²) >= 11 is 0. The highest BCUT2D eigenvalue weighted by Gasteiger charge is 2.26. The molecule has 138 valence electrons. The second-order valence-corrected chi connectivity index (χ2v) is 7.18. The maximum atomic E-state index is 12.3. The number of benzene rings is 1. The van der Waals surface area contributed by atoms with E-state index in [2.05, 4.69) is 34.5 Å². The van der Waals surface area contributed by atoms with E-state index in [1.165, 1.54) is 12.0 Å². The molecule has 2 aliphatic heterocycles. The van der Waals surface area contributed by atoms with Gasteiger partial charge < -0.3 is 14.8 Å². The van der Waals surface area contributed by atoms with Crippen LogP contribution in [0.15, 0.2) is 30.3 Å². The minimum atomic E-state index is -0.423. The van der Waals surface area contributed by atoms with Crippen molar-refractivity contribution < 1.29 is 14.3 Å². The van der Waals surface area contributed by atoms with Crippen LogP contribution in [0.3, 0.4) is 0 Å². The molecule has 1 aromatic carbocycles. The number of hydrogen-bond acceptors (Lipinski definition) is 4. The van der Waals surface area contributed by atoms with Crippen LogP contribution >= 0.6 is 0 Å². The zero-order valence-corrected chi connectivity index (χ0v) is 15.2. The van der Waals surface area contributed by atoms with Crippen LogP contribution < -0.4 is 5.32 Å². The highest BCUT2D eigenvalue weighted by molar-refractivity contribution is 5.80. The molecule has 0 aromatic heterocycles. The van der Waals surface area contributed by atoms with Gasteiger partial charge in [-0.05, 0) is 38.2 Å². The Morgan fingerprint density at radius 3 is 2.92 bits per heavy atom. The molecule has 2 aliphatic rings. The summed E-state index contributed by atoms with van der Waals surface area (Å²) in [5, 5.41) is 3.14. The predicted octanol–water partition coefficient (Wildman–Crippen LogP) is 2.35. The quantitative estimate of drug-likeness (QED) is 0.823. The standard InChI is InChI=1S/C20H30N2O3/c1-16(25-15-19-9-5-6-12-24-19)20(23)21-18-10-11-22(14-18)13-17-7-3-2-4-8-17/h2-4,7-8,16,18-19H,5-6,9-15H2,1H3,(H,21,23)/t16-,18+,19+/m0/s1. The van der Waals surface area contributed by atoms with Crippen molar-refractivity contribution in [2.75, 3.05) is 26.3 Å². The van der Waals surface area contributed by atoms with Gasteiger partial charge in [0.25, 0.3) is 0 Å². The van der Waals surface area contributed by atoms with Gasteiger partial charge in [0, 0.05) is 32.3 Å². The van der Waals surface area contributed by atoms with Crippen LogP contribution in [0.5, 0.6) is 0 Å². The largest absolute Gasteiger partial charge is 0.376 e. The Hall–Kier alpha value is -1.43. The Morgan fingerprint density at radius 2 is 2.16 bits per heavy atom. The van der Waals surface area contributed by atoms with Crippen LogP contribution in [-0.2, 0) is 20.8 Å². The number of nitrogens with one attached hydrogen (secondary N) is 1. The number of hydrogen-bond donors (Lipinski definition) is 1. The lowest BCUT2D eigenvalue weighted by atomic mass is 10.1. The summed E-state index contributed by atoms with van der Waals surface area (Å²) < 4.78 is 11.4. The van der Waals surface area contributed by atoms with E-state index in [1.54, 1.807) is 0 Å². The number of nitrogens with zero attached hydrogens (tertiary/aromatic N) is 1. The fourth-order valence-corrected chi connectivity index (χ4v) is 3.52. The van der Waals surface area contributed by atoms with Crippen molar-refractivity contribution >= 4 is 5.91 Å². The van der Waals surface area contributed by atoms with Gasteiger partial charge in [-0.15, -0.1) is 0 Å². The Balaban J connectivity index is 1.36. The Kier molecular flexibility index (Phi) is 6.84. The molecule has 0 spiro atoms. The van der Waals surface area contributed by atoms with Crippen molar-refractivity contribution in [2.45, 2.75) is 57.4 Å². The fourth-order valence-electron chi connectivity index (χ4n) is 3.52. The molecule has 0 bridgehead atoms. The van der Waals surface area contributed by atoms with Crippen molar-refractivity contribution in [1.82, 2.24) is 10.2 Å². The third kappa shape index (κ3) is 5.80. The van der Waals surface area contributed by atoms with E-state index < -0.39 is 6.10 Å². The van der Waals surface area contributed by atoms with Gasteiger partial charge in [0.15, 0.2) is 0 Å². The summed E-state index contributed by atoms with van der Waals surface area (Å²) in [7, 11) is 0. The van der Waals surface area contributed by atoms with Crippen LogP contribution in [0.25, 0.3) is 0 Å². The fraction of sp³-hybridized carbons (Fsp3) is 0.650. The average molecular weight is 346 g/mol. The molecule has 25 heavy (non-hydrogen) atoms. The number of likely N-dealkylation sites (tertiary alicyclic amines) is 1. The van der Waals surface area contributed by atoms with Gasteiger partial charge in [0.05, 0.1) is 12.7 Å². The molecule has 1 N–H and O–H groups in total. The third-order valence-corrected chi connectivity index (χ3v) is 5.04. The summed E-state index contributed by atoms with van der Waals surface area (Å²) in [6.07, 6.45) is 4.08. The SMILES string of the molecule is C[C@H](OC[C@H]1CCCCO1)C(=O)N[C@@H]1CCN(Cc2ccccc2)C1. The van der Waals surface area contributed by atoms with Crippen LogP contribution in [-0.4, -0.2) is 55.4 Å². The third-order valence-electron chi connectivity index (χ3n) is 5.04. The highest BCUT2D eigenvalue weighted by atomic mass is 16.5. The van der Waals surface area contributed by atoms with E-state index in [4.69, 9.17) is 9.47 Å². The number of carbonyl (C=O) groups is 1. The second kappa shape index (κ2) is 9.32. The smallest absolute Gasteiger partial charge is 0.249 e. The number of carbonyl (C=O) groups excluding carboxylic acids is 1. The van der Waals surface area contributed by atoms with Crippen molar-refractivity contribution in [2.24, 2.45) is 0 Å². The van der Waals surface area contributed by atoms with Crippen LogP contribution in [0, 0.1) is 0 Å². The van der Waals surface area contributed by atoms with Crippen LogP contribution in [0.1, 0.15) is 38.2 Å². The first-order chi connectivity index (χ1) is 12.2. The number of ether oxygens (including phenoxy) is 2. The van der Waals surface area contributed by atoms with Crippen LogP contribution in [0.4, 0.5) is 0 Å². The van der Waals surface area contributed by atoms with Crippen molar-refractivity contribution in [1.29, 1.82) is 0 Å². The minimum Gasteiger partial charge on any atom is -0.376 e. The highest BCUT2D eigenvalue weighted by Crippen LogP contribution is 2.15. The Morgan fingerprint density at radius 1 is 1.32 bits per heavy atom. The molecule has 3 rings (SSSR count). The van der Waals surface area contributed by atoms with Gasteiger partial charge in [0.1, 0.15) is 6.10 Å². The lowest BCUT2D eigenvalue weighted by Gasteiger charge is -2.24. The molecular formula is C20H30N2O3. The van der Waals surface area contributed by atoms with E-state index in [-0.39, 0.29) is 18.1 Å². The zero-order chi connectivity index (χ0) is 17.5. The Labute approximate surface area is 150 Å². The van der Waals surface area contributed by atoms with Gasteiger partial charge in [-0.3, -0.25) is 9.69 Å². The molecule has 3 atom stereocenters. The second-order valence-electron chi connectivity index (χ2n) is 7.18. The molecule has 0 radical (unpaired) electrons. The minimum absolute atomic E-state index is 0.0117. The van der Waals surface area contributed by atoms with E-state index in [1.807, 2.05) is 13.0 Å². The molecular weight excluding hydrogens is 316 g/mol. The lowest BCUT2D eigenvalue weighted by molar-refractivity contribution is -0.136. The topological polar surface area (TPSA) is 50.8 Å². The predicted molar refractivity (Wildman–Crippen MR) is 97.3 cm³/mol. The molecule has 5 heteroatoms. The van der Waals surface area contributed by atoms with Gasteiger partial charge in [0.2, 0.25) is 5.91 Å². The molecule has 0 unspecified atom stereocenters. The zero-order valence-electron chi connectivity index (χ0n) is 15.2. The Bertz CT molecular complexity index is 531. The molecule has 0 aliphatic carbocycles.